The van der Waals surface area contributed by atoms with Gasteiger partial charge in [0.15, 0.2) is 0 Å². The van der Waals surface area contributed by atoms with E-state index in [9.17, 15) is 0 Å². The first kappa shape index (κ1) is 14.3. The van der Waals surface area contributed by atoms with Gasteiger partial charge in [-0.1, -0.05) is 42.4 Å². The lowest BCUT2D eigenvalue weighted by Gasteiger charge is -2.12. The molecule has 0 spiro atoms. The Morgan fingerprint density at radius 2 is 2.24 bits per heavy atom. The summed E-state index contributed by atoms with van der Waals surface area (Å²) in [7, 11) is 0. The van der Waals surface area contributed by atoms with Crippen LogP contribution in [0.1, 0.15) is 19.4 Å². The van der Waals surface area contributed by atoms with Crippen LogP contribution in [0.25, 0.3) is 0 Å². The van der Waals surface area contributed by atoms with Gasteiger partial charge in [0, 0.05) is 16.6 Å². The number of nitrogens with one attached hydrogen (secondary N) is 1. The molecule has 1 N–H and O–H groups in total. The van der Waals surface area contributed by atoms with Gasteiger partial charge in [0.1, 0.15) is 12.4 Å². The van der Waals surface area contributed by atoms with Gasteiger partial charge >= 0.3 is 0 Å². The molecule has 3 heteroatoms. The molecule has 0 fully saturated rings. The molecule has 0 aliphatic heterocycles. The van der Waals surface area contributed by atoms with Crippen LogP contribution < -0.4 is 10.1 Å². The molecule has 0 heterocycles. The molecule has 2 nitrogen and oxygen atoms in total. The smallest absolute Gasteiger partial charge is 0.124 e. The maximum atomic E-state index is 5.62. The van der Waals surface area contributed by atoms with Crippen LogP contribution in [-0.4, -0.2) is 13.2 Å². The molecule has 0 aliphatic carbocycles. The summed E-state index contributed by atoms with van der Waals surface area (Å²) in [5, 5.41) is 3.42. The lowest BCUT2D eigenvalue weighted by Crippen LogP contribution is -2.19. The Labute approximate surface area is 112 Å². The van der Waals surface area contributed by atoms with E-state index in [0.717, 1.165) is 23.3 Å². The monoisotopic (exact) mass is 297 g/mol. The van der Waals surface area contributed by atoms with Crippen LogP contribution in [0.3, 0.4) is 0 Å². The molecule has 1 aromatic carbocycles. The van der Waals surface area contributed by atoms with Gasteiger partial charge in [-0.3, -0.25) is 0 Å². The van der Waals surface area contributed by atoms with Crippen LogP contribution in [0.4, 0.5) is 0 Å². The first-order chi connectivity index (χ1) is 8.13. The number of rotatable bonds is 7. The van der Waals surface area contributed by atoms with Crippen molar-refractivity contribution in [1.29, 1.82) is 0 Å². The van der Waals surface area contributed by atoms with Crippen molar-refractivity contribution < 1.29 is 4.74 Å². The molecular formula is C14H20BrNO. The largest absolute Gasteiger partial charge is 0.489 e. The summed E-state index contributed by atoms with van der Waals surface area (Å²) in [6.45, 7) is 10.4. The quantitative estimate of drug-likeness (QED) is 0.774. The van der Waals surface area contributed by atoms with Gasteiger partial charge < -0.3 is 10.1 Å². The Hall–Kier alpha value is -0.800. The fraction of sp³-hybridized carbons (Fsp3) is 0.429. The molecule has 17 heavy (non-hydrogen) atoms. The van der Waals surface area contributed by atoms with E-state index in [1.165, 1.54) is 5.56 Å². The van der Waals surface area contributed by atoms with E-state index < -0.39 is 0 Å². The predicted octanol–water partition coefficient (Wildman–Crippen LogP) is 3.76. The van der Waals surface area contributed by atoms with E-state index in [0.29, 0.717) is 12.5 Å². The topological polar surface area (TPSA) is 21.3 Å². The van der Waals surface area contributed by atoms with Crippen LogP contribution in [0, 0.1) is 5.92 Å². The molecule has 94 valence electrons. The Morgan fingerprint density at radius 3 is 2.88 bits per heavy atom. The van der Waals surface area contributed by atoms with Crippen LogP contribution in [0.2, 0.25) is 0 Å². The average Bonchev–Trinajstić information content (AvgIpc) is 2.27. The standard InChI is InChI=1S/C14H20BrNO/c1-4-7-17-14-6-5-13(15)8-12(14)10-16-9-11(2)3/h4-6,8,11,16H,1,7,9-10H2,2-3H3. The van der Waals surface area contributed by atoms with Crippen LogP contribution in [0.15, 0.2) is 35.3 Å². The van der Waals surface area contributed by atoms with Gasteiger partial charge in [-0.15, -0.1) is 0 Å². The molecule has 0 saturated carbocycles. The molecule has 0 aliphatic rings. The van der Waals surface area contributed by atoms with Gasteiger partial charge in [0.25, 0.3) is 0 Å². The zero-order chi connectivity index (χ0) is 12.7. The fourth-order valence-electron chi connectivity index (χ4n) is 1.47. The van der Waals surface area contributed by atoms with Gasteiger partial charge in [-0.05, 0) is 30.7 Å². The van der Waals surface area contributed by atoms with E-state index in [2.05, 4.69) is 47.7 Å². The van der Waals surface area contributed by atoms with Crippen molar-refractivity contribution in [2.24, 2.45) is 5.92 Å². The second kappa shape index (κ2) is 7.51. The molecule has 0 atom stereocenters. The fourth-order valence-corrected chi connectivity index (χ4v) is 1.88. The maximum Gasteiger partial charge on any atom is 0.124 e. The van der Waals surface area contributed by atoms with Crippen molar-refractivity contribution in [3.63, 3.8) is 0 Å². The van der Waals surface area contributed by atoms with Crippen LogP contribution in [0.5, 0.6) is 5.75 Å². The number of ether oxygens (including phenoxy) is 1. The normalized spacial score (nSPS) is 10.6. The van der Waals surface area contributed by atoms with Crippen molar-refractivity contribution in [2.75, 3.05) is 13.2 Å². The lowest BCUT2D eigenvalue weighted by molar-refractivity contribution is 0.357. The lowest BCUT2D eigenvalue weighted by atomic mass is 10.2. The summed E-state index contributed by atoms with van der Waals surface area (Å²) in [5.41, 5.74) is 1.17. The third kappa shape index (κ3) is 5.37. The van der Waals surface area contributed by atoms with Gasteiger partial charge in [0.05, 0.1) is 0 Å². The minimum absolute atomic E-state index is 0.540. The molecule has 0 amide bonds. The Kier molecular flexibility index (Phi) is 6.30. The van der Waals surface area contributed by atoms with Crippen LogP contribution in [-0.2, 0) is 6.54 Å². The van der Waals surface area contributed by atoms with Crippen molar-refractivity contribution >= 4 is 15.9 Å². The van der Waals surface area contributed by atoms with Crippen molar-refractivity contribution in [3.8, 4) is 5.75 Å². The van der Waals surface area contributed by atoms with E-state index >= 15 is 0 Å². The SMILES string of the molecule is C=CCOc1ccc(Br)cc1CNCC(C)C. The van der Waals surface area contributed by atoms with Crippen molar-refractivity contribution in [1.82, 2.24) is 5.32 Å². The number of halogens is 1. The Bertz CT molecular complexity index is 363. The summed E-state index contributed by atoms with van der Waals surface area (Å²) in [6, 6.07) is 6.07. The maximum absolute atomic E-state index is 5.62. The van der Waals surface area contributed by atoms with Crippen molar-refractivity contribution in [3.05, 3.63) is 40.9 Å². The molecule has 0 bridgehead atoms. The van der Waals surface area contributed by atoms with E-state index in [4.69, 9.17) is 4.74 Å². The third-order valence-electron chi connectivity index (χ3n) is 2.25. The second-order valence-electron chi connectivity index (χ2n) is 4.38. The molecule has 0 aromatic heterocycles. The number of benzene rings is 1. The van der Waals surface area contributed by atoms with Gasteiger partial charge in [0.2, 0.25) is 0 Å². The van der Waals surface area contributed by atoms with Crippen molar-refractivity contribution in [2.45, 2.75) is 20.4 Å². The van der Waals surface area contributed by atoms with E-state index in [1.54, 1.807) is 6.08 Å². The molecule has 1 aromatic rings. The minimum Gasteiger partial charge on any atom is -0.489 e. The second-order valence-corrected chi connectivity index (χ2v) is 5.29. The van der Waals surface area contributed by atoms with Gasteiger partial charge in [-0.25, -0.2) is 0 Å². The summed E-state index contributed by atoms with van der Waals surface area (Å²) in [6.07, 6.45) is 1.76. The van der Waals surface area contributed by atoms with E-state index in [1.807, 2.05) is 12.1 Å². The number of hydrogen-bond donors (Lipinski definition) is 1. The van der Waals surface area contributed by atoms with Crippen LogP contribution >= 0.6 is 15.9 Å². The molecule has 0 saturated heterocycles. The number of hydrogen-bond acceptors (Lipinski definition) is 2. The molecule has 0 radical (unpaired) electrons. The Balaban J connectivity index is 2.65. The highest BCUT2D eigenvalue weighted by Gasteiger charge is 2.04. The summed E-state index contributed by atoms with van der Waals surface area (Å²) >= 11 is 3.48. The minimum atomic E-state index is 0.540. The summed E-state index contributed by atoms with van der Waals surface area (Å²) in [5.74, 6) is 1.57. The summed E-state index contributed by atoms with van der Waals surface area (Å²) in [4.78, 5) is 0. The zero-order valence-electron chi connectivity index (χ0n) is 10.5. The first-order valence-corrected chi connectivity index (χ1v) is 6.65. The first-order valence-electron chi connectivity index (χ1n) is 5.86. The molecule has 1 rings (SSSR count). The highest BCUT2D eigenvalue weighted by Crippen LogP contribution is 2.23. The van der Waals surface area contributed by atoms with Gasteiger partial charge in [-0.2, -0.15) is 0 Å². The summed E-state index contributed by atoms with van der Waals surface area (Å²) < 4.78 is 6.69. The van der Waals surface area contributed by atoms with E-state index in [-0.39, 0.29) is 0 Å². The Morgan fingerprint density at radius 1 is 1.47 bits per heavy atom. The molecule has 0 unspecified atom stereocenters. The molecular weight excluding hydrogens is 278 g/mol. The predicted molar refractivity (Wildman–Crippen MR) is 76.4 cm³/mol. The highest BCUT2D eigenvalue weighted by molar-refractivity contribution is 9.10. The third-order valence-corrected chi connectivity index (χ3v) is 2.74. The zero-order valence-corrected chi connectivity index (χ0v) is 12.1. The highest BCUT2D eigenvalue weighted by atomic mass is 79.9. The average molecular weight is 298 g/mol.